The summed E-state index contributed by atoms with van der Waals surface area (Å²) in [6.45, 7) is 0. The highest BCUT2D eigenvalue weighted by molar-refractivity contribution is 7.13. The molecule has 0 aliphatic carbocycles. The lowest BCUT2D eigenvalue weighted by molar-refractivity contribution is 0.626. The molecule has 2 aromatic rings. The van der Waals surface area contributed by atoms with Crippen molar-refractivity contribution in [3.63, 3.8) is 0 Å². The number of hydrogen-bond acceptors (Lipinski definition) is 4. The predicted octanol–water partition coefficient (Wildman–Crippen LogP) is 2.73. The van der Waals surface area contributed by atoms with Gasteiger partial charge in [-0.25, -0.2) is 9.37 Å². The van der Waals surface area contributed by atoms with Gasteiger partial charge in [0.25, 0.3) is 0 Å². The minimum Gasteiger partial charge on any atom is -0.253 e. The van der Waals surface area contributed by atoms with E-state index in [1.54, 1.807) is 24.4 Å². The molecule has 0 fully saturated rings. The molecule has 0 amide bonds. The van der Waals surface area contributed by atoms with E-state index in [2.05, 4.69) is 15.5 Å². The molecular formula is C10H8FN3S. The zero-order valence-electron chi connectivity index (χ0n) is 7.72. The van der Waals surface area contributed by atoms with Crippen molar-refractivity contribution < 1.29 is 4.39 Å². The second-order valence-electron chi connectivity index (χ2n) is 2.73. The maximum Gasteiger partial charge on any atom is 0.203 e. The Morgan fingerprint density at radius 2 is 2.27 bits per heavy atom. The number of nitrogens with one attached hydrogen (secondary N) is 1. The van der Waals surface area contributed by atoms with Crippen LogP contribution in [0.2, 0.25) is 0 Å². The third-order valence-corrected chi connectivity index (χ3v) is 2.38. The Labute approximate surface area is 90.3 Å². The molecule has 76 valence electrons. The summed E-state index contributed by atoms with van der Waals surface area (Å²) in [4.78, 5) is 3.97. The Hall–Kier alpha value is -1.75. The van der Waals surface area contributed by atoms with E-state index < -0.39 is 0 Å². The van der Waals surface area contributed by atoms with Crippen molar-refractivity contribution in [2.45, 2.75) is 0 Å². The zero-order valence-corrected chi connectivity index (χ0v) is 8.54. The van der Waals surface area contributed by atoms with Gasteiger partial charge in [-0.15, -0.1) is 11.3 Å². The highest BCUT2D eigenvalue weighted by Gasteiger charge is 1.95. The fraction of sp³-hybridized carbons (Fsp3) is 0. The molecule has 1 heterocycles. The van der Waals surface area contributed by atoms with Crippen LogP contribution in [0.25, 0.3) is 0 Å². The fourth-order valence-corrected chi connectivity index (χ4v) is 1.49. The first kappa shape index (κ1) is 9.79. The number of hydrazone groups is 1. The molecule has 0 aliphatic heterocycles. The summed E-state index contributed by atoms with van der Waals surface area (Å²) in [6, 6.07) is 6.45. The molecule has 0 atom stereocenters. The van der Waals surface area contributed by atoms with E-state index in [9.17, 15) is 4.39 Å². The van der Waals surface area contributed by atoms with Crippen molar-refractivity contribution >= 4 is 22.7 Å². The normalized spacial score (nSPS) is 10.7. The summed E-state index contributed by atoms with van der Waals surface area (Å²) < 4.78 is 13.1. The molecule has 3 nitrogen and oxygen atoms in total. The van der Waals surface area contributed by atoms with E-state index in [0.717, 1.165) is 0 Å². The lowest BCUT2D eigenvalue weighted by Gasteiger charge is -1.95. The van der Waals surface area contributed by atoms with E-state index in [4.69, 9.17) is 0 Å². The smallest absolute Gasteiger partial charge is 0.203 e. The Kier molecular flexibility index (Phi) is 3.04. The topological polar surface area (TPSA) is 37.3 Å². The van der Waals surface area contributed by atoms with Gasteiger partial charge < -0.3 is 0 Å². The van der Waals surface area contributed by atoms with Crippen molar-refractivity contribution in [1.29, 1.82) is 0 Å². The van der Waals surface area contributed by atoms with Gasteiger partial charge in [-0.05, 0) is 6.07 Å². The second-order valence-corrected chi connectivity index (χ2v) is 3.62. The molecule has 1 aromatic heterocycles. The number of benzene rings is 1. The van der Waals surface area contributed by atoms with Gasteiger partial charge in [0.2, 0.25) is 5.13 Å². The maximum atomic E-state index is 13.1. The van der Waals surface area contributed by atoms with Crippen LogP contribution in [-0.4, -0.2) is 11.2 Å². The number of rotatable bonds is 3. The average molecular weight is 221 g/mol. The Morgan fingerprint density at radius 3 is 3.00 bits per heavy atom. The first-order valence-corrected chi connectivity index (χ1v) is 5.17. The molecule has 1 aromatic carbocycles. The van der Waals surface area contributed by atoms with Gasteiger partial charge in [0.15, 0.2) is 0 Å². The van der Waals surface area contributed by atoms with Crippen molar-refractivity contribution in [1.82, 2.24) is 4.98 Å². The third kappa shape index (κ3) is 2.60. The highest BCUT2D eigenvalue weighted by atomic mass is 32.1. The van der Waals surface area contributed by atoms with Crippen LogP contribution in [0.3, 0.4) is 0 Å². The molecule has 0 spiro atoms. The molecule has 0 unspecified atom stereocenters. The van der Waals surface area contributed by atoms with E-state index in [1.807, 2.05) is 5.38 Å². The Balaban J connectivity index is 2.03. The number of halogens is 1. The van der Waals surface area contributed by atoms with Crippen LogP contribution in [0, 0.1) is 5.82 Å². The molecule has 0 bridgehead atoms. The van der Waals surface area contributed by atoms with E-state index in [0.29, 0.717) is 10.7 Å². The quantitative estimate of drug-likeness (QED) is 0.639. The van der Waals surface area contributed by atoms with Crippen LogP contribution in [0.1, 0.15) is 5.56 Å². The van der Waals surface area contributed by atoms with E-state index >= 15 is 0 Å². The minimum atomic E-state index is -0.290. The molecule has 0 saturated heterocycles. The molecule has 0 radical (unpaired) electrons. The molecule has 5 heteroatoms. The highest BCUT2D eigenvalue weighted by Crippen LogP contribution is 2.10. The lowest BCUT2D eigenvalue weighted by atomic mass is 10.2. The van der Waals surface area contributed by atoms with Crippen molar-refractivity contribution in [2.75, 3.05) is 5.43 Å². The summed E-state index contributed by atoms with van der Waals surface area (Å²) in [6.07, 6.45) is 3.10. The van der Waals surface area contributed by atoms with Gasteiger partial charge in [0, 0.05) is 17.1 Å². The summed E-state index contributed by atoms with van der Waals surface area (Å²) in [5.41, 5.74) is 3.16. The summed E-state index contributed by atoms with van der Waals surface area (Å²) in [5, 5.41) is 6.40. The summed E-state index contributed by atoms with van der Waals surface area (Å²) >= 11 is 1.43. The van der Waals surface area contributed by atoms with Gasteiger partial charge in [0.05, 0.1) is 6.21 Å². The summed E-state index contributed by atoms with van der Waals surface area (Å²) in [5.74, 6) is -0.290. The van der Waals surface area contributed by atoms with Gasteiger partial charge in [-0.3, -0.25) is 5.43 Å². The predicted molar refractivity (Wildman–Crippen MR) is 59.7 cm³/mol. The molecule has 1 N–H and O–H groups in total. The number of nitrogens with zero attached hydrogens (tertiary/aromatic N) is 2. The van der Waals surface area contributed by atoms with Crippen LogP contribution in [0.5, 0.6) is 0 Å². The van der Waals surface area contributed by atoms with Crippen LogP contribution in [-0.2, 0) is 0 Å². The second kappa shape index (κ2) is 4.65. The van der Waals surface area contributed by atoms with Gasteiger partial charge >= 0.3 is 0 Å². The monoisotopic (exact) mass is 221 g/mol. The number of anilines is 1. The summed E-state index contributed by atoms with van der Waals surface area (Å²) in [7, 11) is 0. The maximum absolute atomic E-state index is 13.1. The first-order valence-electron chi connectivity index (χ1n) is 4.29. The van der Waals surface area contributed by atoms with Crippen molar-refractivity contribution in [3.8, 4) is 0 Å². The standard InChI is InChI=1S/C10H8FN3S/c11-9-4-2-1-3-8(9)7-13-14-10-12-5-6-15-10/h1-7H,(H,12,14)/b13-7-. The van der Waals surface area contributed by atoms with Gasteiger partial charge in [-0.2, -0.15) is 5.10 Å². The van der Waals surface area contributed by atoms with E-state index in [1.165, 1.54) is 23.6 Å². The molecule has 2 rings (SSSR count). The van der Waals surface area contributed by atoms with Crippen LogP contribution in [0.4, 0.5) is 9.52 Å². The zero-order chi connectivity index (χ0) is 10.5. The molecule has 0 aliphatic rings. The number of thiazole rings is 1. The van der Waals surface area contributed by atoms with E-state index in [-0.39, 0.29) is 5.82 Å². The number of hydrogen-bond donors (Lipinski definition) is 1. The molecule has 0 saturated carbocycles. The Morgan fingerprint density at radius 1 is 1.40 bits per heavy atom. The van der Waals surface area contributed by atoms with Crippen LogP contribution < -0.4 is 5.43 Å². The largest absolute Gasteiger partial charge is 0.253 e. The number of aromatic nitrogens is 1. The van der Waals surface area contributed by atoms with Crippen LogP contribution >= 0.6 is 11.3 Å². The van der Waals surface area contributed by atoms with Crippen molar-refractivity contribution in [3.05, 3.63) is 47.2 Å². The fourth-order valence-electron chi connectivity index (χ4n) is 1.02. The first-order chi connectivity index (χ1) is 7.36. The Bertz CT molecular complexity index is 453. The van der Waals surface area contributed by atoms with Gasteiger partial charge in [0.1, 0.15) is 5.82 Å². The minimum absolute atomic E-state index is 0.290. The van der Waals surface area contributed by atoms with Crippen LogP contribution in [0.15, 0.2) is 40.9 Å². The van der Waals surface area contributed by atoms with Gasteiger partial charge in [-0.1, -0.05) is 18.2 Å². The third-order valence-electron chi connectivity index (χ3n) is 1.70. The average Bonchev–Trinajstić information content (AvgIpc) is 2.74. The lowest BCUT2D eigenvalue weighted by Crippen LogP contribution is -1.91. The molecule has 15 heavy (non-hydrogen) atoms. The van der Waals surface area contributed by atoms with Crippen molar-refractivity contribution in [2.24, 2.45) is 5.10 Å². The molecular weight excluding hydrogens is 213 g/mol. The SMILES string of the molecule is Fc1ccccc1/C=N\Nc1nccs1.